The van der Waals surface area contributed by atoms with Crippen LogP contribution in [0.4, 0.5) is 5.69 Å². The minimum Gasteiger partial charge on any atom is -0.497 e. The number of carbonyl (C=O) groups excluding carboxylic acids is 1. The van der Waals surface area contributed by atoms with Crippen LogP contribution in [0, 0.1) is 0 Å². The van der Waals surface area contributed by atoms with Crippen molar-refractivity contribution in [2.75, 3.05) is 24.3 Å². The summed E-state index contributed by atoms with van der Waals surface area (Å²) in [5.41, 5.74) is 1.55. The van der Waals surface area contributed by atoms with Crippen LogP contribution in [0.1, 0.15) is 24.2 Å². The summed E-state index contributed by atoms with van der Waals surface area (Å²) in [7, 11) is 1.62. The largest absolute Gasteiger partial charge is 0.497 e. The highest BCUT2D eigenvalue weighted by molar-refractivity contribution is 8.14. The number of hydrogen-bond acceptors (Lipinski definition) is 5. The molecular weight excluding hydrogens is 332 g/mol. The summed E-state index contributed by atoms with van der Waals surface area (Å²) in [4.78, 5) is 19.6. The number of methoxy groups -OCH3 is 1. The maximum absolute atomic E-state index is 12.8. The fourth-order valence-electron chi connectivity index (χ4n) is 2.59. The molecule has 0 saturated heterocycles. The molecule has 0 spiro atoms. The molecule has 0 unspecified atom stereocenters. The first kappa shape index (κ1) is 17.5. The van der Waals surface area contributed by atoms with Crippen molar-refractivity contribution in [1.82, 2.24) is 0 Å². The van der Waals surface area contributed by atoms with Crippen LogP contribution < -0.4 is 9.64 Å². The number of nitrogens with zero attached hydrogens (tertiary/aromatic N) is 2. The van der Waals surface area contributed by atoms with Crippen LogP contribution in [0.25, 0.3) is 0 Å². The Morgan fingerprint density at radius 2 is 1.84 bits per heavy atom. The number of benzene rings is 2. The van der Waals surface area contributed by atoms with E-state index in [9.17, 15) is 4.79 Å². The first-order chi connectivity index (χ1) is 12.0. The number of Topliss-reactive ketones (excluding diaryl/α,β-unsaturated/α-hetero) is 1. The molecule has 4 nitrogen and oxygen atoms in total. The molecule has 0 atom stereocenters. The average molecular weight is 354 g/mol. The number of amidine groups is 1. The summed E-state index contributed by atoms with van der Waals surface area (Å²) in [6, 6.07) is 17.2. The van der Waals surface area contributed by atoms with Gasteiger partial charge >= 0.3 is 0 Å². The van der Waals surface area contributed by atoms with Crippen LogP contribution in [0.15, 0.2) is 59.6 Å². The first-order valence-electron chi connectivity index (χ1n) is 8.21. The normalized spacial score (nSPS) is 15.6. The lowest BCUT2D eigenvalue weighted by molar-refractivity contribution is 0.100. The highest BCUT2D eigenvalue weighted by atomic mass is 32.2. The van der Waals surface area contributed by atoms with Crippen molar-refractivity contribution in [2.45, 2.75) is 19.4 Å². The molecule has 0 saturated carbocycles. The molecule has 25 heavy (non-hydrogen) atoms. The quantitative estimate of drug-likeness (QED) is 0.752. The molecule has 0 amide bonds. The van der Waals surface area contributed by atoms with E-state index in [-0.39, 0.29) is 17.9 Å². The van der Waals surface area contributed by atoms with Crippen molar-refractivity contribution in [3.63, 3.8) is 0 Å². The molecule has 0 radical (unpaired) electrons. The Balaban J connectivity index is 1.86. The molecule has 0 fully saturated rings. The van der Waals surface area contributed by atoms with E-state index in [0.29, 0.717) is 5.56 Å². The molecule has 130 valence electrons. The van der Waals surface area contributed by atoms with Gasteiger partial charge in [-0.05, 0) is 50.2 Å². The summed E-state index contributed by atoms with van der Waals surface area (Å²) in [5, 5.41) is 0.901. The van der Waals surface area contributed by atoms with Gasteiger partial charge in [0.2, 0.25) is 0 Å². The Bertz CT molecular complexity index is 770. The van der Waals surface area contributed by atoms with Gasteiger partial charge in [-0.15, -0.1) is 0 Å². The Morgan fingerprint density at radius 3 is 2.40 bits per heavy atom. The van der Waals surface area contributed by atoms with Crippen LogP contribution in [0.3, 0.4) is 0 Å². The van der Waals surface area contributed by atoms with Crippen LogP contribution in [-0.2, 0) is 0 Å². The second kappa shape index (κ2) is 7.31. The van der Waals surface area contributed by atoms with Gasteiger partial charge in [-0.2, -0.15) is 0 Å². The molecule has 1 heterocycles. The maximum atomic E-state index is 12.8. The SMILES string of the molecule is COc1ccc(C(=O)CN(C2=NC(C)(C)CS2)c2ccccc2)cc1. The number of thioether (sulfide) groups is 1. The molecular formula is C20H22N2O2S. The molecule has 0 aliphatic carbocycles. The van der Waals surface area contributed by atoms with Gasteiger partial charge < -0.3 is 9.64 Å². The molecule has 2 aromatic rings. The predicted octanol–water partition coefficient (Wildman–Crippen LogP) is 4.27. The molecule has 2 aromatic carbocycles. The highest BCUT2D eigenvalue weighted by Gasteiger charge is 2.30. The number of ketones is 1. The monoisotopic (exact) mass is 354 g/mol. The first-order valence-corrected chi connectivity index (χ1v) is 9.19. The summed E-state index contributed by atoms with van der Waals surface area (Å²) >= 11 is 1.70. The maximum Gasteiger partial charge on any atom is 0.182 e. The lowest BCUT2D eigenvalue weighted by atomic mass is 10.1. The Labute approximate surface area is 152 Å². The van der Waals surface area contributed by atoms with Crippen molar-refractivity contribution < 1.29 is 9.53 Å². The van der Waals surface area contributed by atoms with Gasteiger partial charge in [-0.25, -0.2) is 0 Å². The number of ether oxygens (including phenoxy) is 1. The number of hydrogen-bond donors (Lipinski definition) is 0. The van der Waals surface area contributed by atoms with Crippen LogP contribution >= 0.6 is 11.8 Å². The lowest BCUT2D eigenvalue weighted by Gasteiger charge is -2.23. The predicted molar refractivity (Wildman–Crippen MR) is 105 cm³/mol. The van der Waals surface area contributed by atoms with Crippen molar-refractivity contribution in [3.8, 4) is 5.75 Å². The second-order valence-corrected chi connectivity index (χ2v) is 7.51. The van der Waals surface area contributed by atoms with E-state index in [2.05, 4.69) is 13.8 Å². The molecule has 1 aliphatic rings. The topological polar surface area (TPSA) is 41.9 Å². The number of para-hydroxylation sites is 1. The van der Waals surface area contributed by atoms with Gasteiger partial charge in [0, 0.05) is 17.0 Å². The number of rotatable bonds is 5. The molecule has 3 rings (SSSR count). The van der Waals surface area contributed by atoms with Crippen LogP contribution in [-0.4, -0.2) is 35.9 Å². The minimum atomic E-state index is -0.101. The van der Waals surface area contributed by atoms with E-state index >= 15 is 0 Å². The van der Waals surface area contributed by atoms with Gasteiger partial charge in [-0.3, -0.25) is 9.79 Å². The Morgan fingerprint density at radius 1 is 1.16 bits per heavy atom. The van der Waals surface area contributed by atoms with Crippen LogP contribution in [0.5, 0.6) is 5.75 Å². The summed E-state index contributed by atoms with van der Waals surface area (Å²) in [5.74, 6) is 1.72. The minimum absolute atomic E-state index is 0.0551. The van der Waals surface area contributed by atoms with Crippen molar-refractivity contribution in [3.05, 3.63) is 60.2 Å². The fraction of sp³-hybridized carbons (Fsp3) is 0.300. The summed E-state index contributed by atoms with van der Waals surface area (Å²) in [6.45, 7) is 4.49. The Hall–Kier alpha value is -2.27. The van der Waals surface area contributed by atoms with E-state index in [1.165, 1.54) is 0 Å². The zero-order valence-electron chi connectivity index (χ0n) is 14.7. The molecule has 0 aromatic heterocycles. The zero-order valence-corrected chi connectivity index (χ0v) is 15.5. The fourth-order valence-corrected chi connectivity index (χ4v) is 3.78. The van der Waals surface area contributed by atoms with Gasteiger partial charge in [0.1, 0.15) is 5.75 Å². The highest BCUT2D eigenvalue weighted by Crippen LogP contribution is 2.31. The number of aliphatic imine (C=N–C) groups is 1. The molecule has 1 aliphatic heterocycles. The van der Waals surface area contributed by atoms with E-state index in [1.54, 1.807) is 31.0 Å². The van der Waals surface area contributed by atoms with Crippen molar-refractivity contribution >= 4 is 28.4 Å². The molecule has 0 bridgehead atoms. The summed E-state index contributed by atoms with van der Waals surface area (Å²) in [6.07, 6.45) is 0. The third-order valence-corrected chi connectivity index (χ3v) is 5.39. The third-order valence-electron chi connectivity index (χ3n) is 3.97. The summed E-state index contributed by atoms with van der Waals surface area (Å²) < 4.78 is 5.16. The van der Waals surface area contributed by atoms with Crippen LogP contribution in [0.2, 0.25) is 0 Å². The van der Waals surface area contributed by atoms with E-state index in [1.807, 2.05) is 47.4 Å². The second-order valence-electron chi connectivity index (χ2n) is 6.57. The van der Waals surface area contributed by atoms with E-state index in [0.717, 1.165) is 22.4 Å². The third kappa shape index (κ3) is 4.23. The average Bonchev–Trinajstić information content (AvgIpc) is 3.00. The van der Waals surface area contributed by atoms with Crippen molar-refractivity contribution in [1.29, 1.82) is 0 Å². The van der Waals surface area contributed by atoms with Gasteiger partial charge in [0.05, 0.1) is 19.2 Å². The number of anilines is 1. The Kier molecular flexibility index (Phi) is 5.13. The van der Waals surface area contributed by atoms with Crippen molar-refractivity contribution in [2.24, 2.45) is 4.99 Å². The van der Waals surface area contributed by atoms with E-state index in [4.69, 9.17) is 9.73 Å². The van der Waals surface area contributed by atoms with E-state index < -0.39 is 0 Å². The molecule has 0 N–H and O–H groups in total. The van der Waals surface area contributed by atoms with Gasteiger partial charge in [0.25, 0.3) is 0 Å². The van der Waals surface area contributed by atoms with Gasteiger partial charge in [-0.1, -0.05) is 30.0 Å². The standard InChI is InChI=1S/C20H22N2O2S/c1-20(2)14-25-19(21-20)22(16-7-5-4-6-8-16)13-18(23)15-9-11-17(24-3)12-10-15/h4-12H,13-14H2,1-3H3. The molecule has 5 heteroatoms. The number of carbonyl (C=O) groups is 1. The zero-order chi connectivity index (χ0) is 17.9. The lowest BCUT2D eigenvalue weighted by Crippen LogP contribution is -2.33. The smallest absolute Gasteiger partial charge is 0.182 e. The van der Waals surface area contributed by atoms with Gasteiger partial charge in [0.15, 0.2) is 11.0 Å².